The van der Waals surface area contributed by atoms with E-state index in [0.717, 1.165) is 43.8 Å². The van der Waals surface area contributed by atoms with E-state index >= 15 is 0 Å². The normalized spacial score (nSPS) is 11.5. The summed E-state index contributed by atoms with van der Waals surface area (Å²) in [7, 11) is 0. The van der Waals surface area contributed by atoms with Crippen LogP contribution in [0.2, 0.25) is 0 Å². The molecule has 0 aromatic heterocycles. The van der Waals surface area contributed by atoms with E-state index in [-0.39, 0.29) is 0 Å². The molecule has 0 bridgehead atoms. The highest BCUT2D eigenvalue weighted by atomic mass is 35.5. The van der Waals surface area contributed by atoms with Gasteiger partial charge in [-0.25, -0.2) is 0 Å². The molecule has 0 spiro atoms. The molecule has 3 rings (SSSR count). The second-order valence-electron chi connectivity index (χ2n) is 5.25. The Morgan fingerprint density at radius 1 is 0.455 bits per heavy atom. The zero-order chi connectivity index (χ0) is 15.7. The van der Waals surface area contributed by atoms with Gasteiger partial charge in [-0.15, -0.1) is 46.4 Å². The summed E-state index contributed by atoms with van der Waals surface area (Å²) >= 11 is 24.4. The lowest BCUT2D eigenvalue weighted by molar-refractivity contribution is 1.37. The highest BCUT2D eigenvalue weighted by molar-refractivity contribution is 6.21. The molecule has 114 valence electrons. The minimum atomic E-state index is 0.468. The molecule has 0 fully saturated rings. The van der Waals surface area contributed by atoms with Gasteiger partial charge in [-0.05, 0) is 55.9 Å². The Balaban J connectivity index is 2.49. The fourth-order valence-electron chi connectivity index (χ4n) is 2.89. The molecule has 3 aromatic carbocycles. The molecule has 0 amide bonds. The van der Waals surface area contributed by atoms with E-state index in [1.165, 1.54) is 0 Å². The van der Waals surface area contributed by atoms with Crippen LogP contribution in [-0.4, -0.2) is 0 Å². The van der Waals surface area contributed by atoms with Crippen LogP contribution >= 0.6 is 46.4 Å². The number of rotatable bonds is 4. The Morgan fingerprint density at radius 3 is 0.864 bits per heavy atom. The van der Waals surface area contributed by atoms with Crippen LogP contribution in [0.3, 0.4) is 0 Å². The summed E-state index contributed by atoms with van der Waals surface area (Å²) in [5, 5.41) is 4.55. The molecule has 0 heterocycles. The Labute approximate surface area is 149 Å². The van der Waals surface area contributed by atoms with Crippen LogP contribution in [0.1, 0.15) is 22.3 Å². The lowest BCUT2D eigenvalue weighted by atomic mass is 9.93. The SMILES string of the molecule is ClCc1ccc(CCl)c2cc3c(CCl)ccc(CCl)c3cc12. The average Bonchev–Trinajstić information content (AvgIpc) is 2.58. The van der Waals surface area contributed by atoms with E-state index in [2.05, 4.69) is 12.1 Å². The van der Waals surface area contributed by atoms with E-state index in [1.807, 2.05) is 24.3 Å². The molecule has 0 atom stereocenters. The molecule has 0 aliphatic heterocycles. The Kier molecular flexibility index (Phi) is 5.04. The molecule has 0 radical (unpaired) electrons. The number of hydrogen-bond donors (Lipinski definition) is 0. The molecule has 0 unspecified atom stereocenters. The molecular formula is C18H14Cl4. The van der Waals surface area contributed by atoms with Gasteiger partial charge in [-0.3, -0.25) is 0 Å². The van der Waals surface area contributed by atoms with Crippen LogP contribution in [0.4, 0.5) is 0 Å². The Hall–Kier alpha value is -0.660. The van der Waals surface area contributed by atoms with Gasteiger partial charge in [0.15, 0.2) is 0 Å². The van der Waals surface area contributed by atoms with Crippen molar-refractivity contribution in [3.63, 3.8) is 0 Å². The maximum Gasteiger partial charge on any atom is 0.0480 e. The molecule has 0 saturated carbocycles. The minimum Gasteiger partial charge on any atom is -0.122 e. The van der Waals surface area contributed by atoms with Crippen molar-refractivity contribution in [2.45, 2.75) is 23.5 Å². The summed E-state index contributed by atoms with van der Waals surface area (Å²) in [5.74, 6) is 1.87. The van der Waals surface area contributed by atoms with Crippen molar-refractivity contribution in [1.82, 2.24) is 0 Å². The van der Waals surface area contributed by atoms with Crippen molar-refractivity contribution in [2.75, 3.05) is 0 Å². The fraction of sp³-hybridized carbons (Fsp3) is 0.222. The van der Waals surface area contributed by atoms with E-state index in [9.17, 15) is 0 Å². The maximum absolute atomic E-state index is 6.10. The van der Waals surface area contributed by atoms with E-state index in [0.29, 0.717) is 23.5 Å². The second kappa shape index (κ2) is 6.84. The van der Waals surface area contributed by atoms with Gasteiger partial charge in [0.2, 0.25) is 0 Å². The van der Waals surface area contributed by atoms with Gasteiger partial charge < -0.3 is 0 Å². The maximum atomic E-state index is 6.10. The first-order valence-corrected chi connectivity index (χ1v) is 9.10. The summed E-state index contributed by atoms with van der Waals surface area (Å²) < 4.78 is 0. The van der Waals surface area contributed by atoms with Crippen molar-refractivity contribution in [2.24, 2.45) is 0 Å². The minimum absolute atomic E-state index is 0.468. The quantitative estimate of drug-likeness (QED) is 0.344. The largest absolute Gasteiger partial charge is 0.122 e. The second-order valence-corrected chi connectivity index (χ2v) is 6.31. The van der Waals surface area contributed by atoms with Gasteiger partial charge in [0.1, 0.15) is 0 Å². The number of fused-ring (bicyclic) bond motifs is 2. The van der Waals surface area contributed by atoms with Gasteiger partial charge in [0.05, 0.1) is 0 Å². The predicted octanol–water partition coefficient (Wildman–Crippen LogP) is 6.95. The van der Waals surface area contributed by atoms with E-state index in [1.54, 1.807) is 0 Å². The highest BCUT2D eigenvalue weighted by Crippen LogP contribution is 2.34. The molecule has 4 heteroatoms. The third kappa shape index (κ3) is 2.67. The number of hydrogen-bond acceptors (Lipinski definition) is 0. The zero-order valence-electron chi connectivity index (χ0n) is 11.8. The summed E-state index contributed by atoms with van der Waals surface area (Å²) in [6, 6.07) is 12.5. The molecular weight excluding hydrogens is 358 g/mol. The van der Waals surface area contributed by atoms with Crippen molar-refractivity contribution >= 4 is 67.9 Å². The highest BCUT2D eigenvalue weighted by Gasteiger charge is 2.11. The van der Waals surface area contributed by atoms with E-state index in [4.69, 9.17) is 46.4 Å². The zero-order valence-corrected chi connectivity index (χ0v) is 14.8. The van der Waals surface area contributed by atoms with Crippen LogP contribution in [0.25, 0.3) is 21.5 Å². The van der Waals surface area contributed by atoms with Gasteiger partial charge >= 0.3 is 0 Å². The van der Waals surface area contributed by atoms with E-state index < -0.39 is 0 Å². The van der Waals surface area contributed by atoms with Gasteiger partial charge in [0.25, 0.3) is 0 Å². The summed E-state index contributed by atoms with van der Waals surface area (Å²) in [5.41, 5.74) is 4.40. The van der Waals surface area contributed by atoms with Crippen molar-refractivity contribution < 1.29 is 0 Å². The van der Waals surface area contributed by atoms with Crippen molar-refractivity contribution in [3.8, 4) is 0 Å². The molecule has 0 aliphatic rings. The lowest BCUT2D eigenvalue weighted by Crippen LogP contribution is -1.93. The van der Waals surface area contributed by atoms with Crippen molar-refractivity contribution in [3.05, 3.63) is 58.7 Å². The summed E-state index contributed by atoms with van der Waals surface area (Å²) in [6.45, 7) is 0. The molecule has 3 aromatic rings. The average molecular weight is 372 g/mol. The first-order chi connectivity index (χ1) is 10.7. The predicted molar refractivity (Wildman–Crippen MR) is 99.7 cm³/mol. The number of alkyl halides is 4. The van der Waals surface area contributed by atoms with Gasteiger partial charge in [-0.1, -0.05) is 24.3 Å². The third-order valence-electron chi connectivity index (χ3n) is 4.09. The summed E-state index contributed by atoms with van der Waals surface area (Å²) in [6.07, 6.45) is 0. The molecule has 0 nitrogen and oxygen atoms in total. The van der Waals surface area contributed by atoms with Gasteiger partial charge in [-0.2, -0.15) is 0 Å². The number of halogens is 4. The topological polar surface area (TPSA) is 0 Å². The number of benzene rings is 3. The van der Waals surface area contributed by atoms with Gasteiger partial charge in [0, 0.05) is 23.5 Å². The molecule has 0 saturated heterocycles. The van der Waals surface area contributed by atoms with Crippen LogP contribution in [-0.2, 0) is 23.5 Å². The lowest BCUT2D eigenvalue weighted by Gasteiger charge is -2.14. The smallest absolute Gasteiger partial charge is 0.0480 e. The van der Waals surface area contributed by atoms with Crippen LogP contribution < -0.4 is 0 Å². The fourth-order valence-corrected chi connectivity index (χ4v) is 3.82. The van der Waals surface area contributed by atoms with Crippen LogP contribution in [0, 0.1) is 0 Å². The molecule has 0 aliphatic carbocycles. The first-order valence-electron chi connectivity index (χ1n) is 6.96. The van der Waals surface area contributed by atoms with Crippen LogP contribution in [0.15, 0.2) is 36.4 Å². The third-order valence-corrected chi connectivity index (χ3v) is 5.24. The van der Waals surface area contributed by atoms with Crippen molar-refractivity contribution in [1.29, 1.82) is 0 Å². The summed E-state index contributed by atoms with van der Waals surface area (Å²) in [4.78, 5) is 0. The Morgan fingerprint density at radius 2 is 0.682 bits per heavy atom. The monoisotopic (exact) mass is 370 g/mol. The Bertz CT molecular complexity index is 702. The standard InChI is InChI=1S/C18H14Cl4/c19-7-11-1-2-12(8-20)16-6-18-14(10-22)4-3-13(9-21)17(18)5-15(11)16/h1-6H,7-10H2. The molecule has 22 heavy (non-hydrogen) atoms. The first kappa shape index (κ1) is 16.2. The molecule has 0 N–H and O–H groups in total. The van der Waals surface area contributed by atoms with Crippen LogP contribution in [0.5, 0.6) is 0 Å².